The highest BCUT2D eigenvalue weighted by molar-refractivity contribution is 6.33. The molecule has 10 heteroatoms. The van der Waals surface area contributed by atoms with Crippen molar-refractivity contribution in [3.05, 3.63) is 53.1 Å². The molecule has 0 saturated heterocycles. The van der Waals surface area contributed by atoms with Gasteiger partial charge in [0.05, 0.1) is 28.5 Å². The van der Waals surface area contributed by atoms with Crippen LogP contribution in [0, 0.1) is 0 Å². The van der Waals surface area contributed by atoms with Gasteiger partial charge in [0, 0.05) is 0 Å². The van der Waals surface area contributed by atoms with Gasteiger partial charge in [0.15, 0.2) is 0 Å². The number of anilines is 2. The summed E-state index contributed by atoms with van der Waals surface area (Å²) in [6.07, 6.45) is -4.59. The molecule has 0 spiro atoms. The molecule has 0 fully saturated rings. The Morgan fingerprint density at radius 1 is 1.12 bits per heavy atom. The minimum absolute atomic E-state index is 0.0761. The zero-order valence-corrected chi connectivity index (χ0v) is 13.7. The summed E-state index contributed by atoms with van der Waals surface area (Å²) in [6, 6.07) is 8.17. The van der Waals surface area contributed by atoms with Crippen LogP contribution < -0.4 is 15.4 Å². The fourth-order valence-corrected chi connectivity index (χ4v) is 2.14. The van der Waals surface area contributed by atoms with Gasteiger partial charge in [-0.2, -0.15) is 22.0 Å². The third-order valence-corrected chi connectivity index (χ3v) is 3.44. The molecule has 26 heavy (non-hydrogen) atoms. The molecule has 4 nitrogen and oxygen atoms in total. The number of carbonyl (C=O) groups is 1. The van der Waals surface area contributed by atoms with Crippen LogP contribution in [0.5, 0.6) is 5.75 Å². The van der Waals surface area contributed by atoms with E-state index in [0.29, 0.717) is 6.07 Å². The molecule has 0 aliphatic heterocycles. The molecular formula is C16H12ClF5N2O2. The first-order chi connectivity index (χ1) is 12.2. The predicted octanol–water partition coefficient (Wildman–Crippen LogP) is 5.01. The minimum Gasteiger partial charge on any atom is -0.433 e. The number of nitrogens with one attached hydrogen (secondary N) is 2. The summed E-state index contributed by atoms with van der Waals surface area (Å²) in [5, 5.41) is 4.72. The van der Waals surface area contributed by atoms with Gasteiger partial charge < -0.3 is 15.4 Å². The van der Waals surface area contributed by atoms with E-state index in [4.69, 9.17) is 11.6 Å². The van der Waals surface area contributed by atoms with Crippen LogP contribution in [-0.2, 0) is 11.0 Å². The molecule has 0 atom stereocenters. The lowest BCUT2D eigenvalue weighted by Gasteiger charge is -2.14. The van der Waals surface area contributed by atoms with Gasteiger partial charge in [-0.15, -0.1) is 0 Å². The van der Waals surface area contributed by atoms with E-state index in [1.807, 2.05) is 0 Å². The van der Waals surface area contributed by atoms with Crippen molar-refractivity contribution in [3.8, 4) is 5.75 Å². The van der Waals surface area contributed by atoms with E-state index >= 15 is 0 Å². The molecule has 2 aromatic carbocycles. The second kappa shape index (κ2) is 8.22. The summed E-state index contributed by atoms with van der Waals surface area (Å²) in [6.45, 7) is -3.45. The van der Waals surface area contributed by atoms with Crippen LogP contribution in [0.2, 0.25) is 5.02 Å². The van der Waals surface area contributed by atoms with Crippen molar-refractivity contribution in [2.24, 2.45) is 0 Å². The standard InChI is InChI=1S/C16H12ClF5N2O2/c17-10-6-5-9(16(20,21)22)7-12(10)24-14(25)8-23-11-3-1-2-4-13(11)26-15(18)19/h1-7,15,23H,8H2,(H,24,25). The highest BCUT2D eigenvalue weighted by atomic mass is 35.5. The number of carbonyl (C=O) groups excluding carboxylic acids is 1. The van der Waals surface area contributed by atoms with Crippen LogP contribution in [0.25, 0.3) is 0 Å². The number of ether oxygens (including phenoxy) is 1. The van der Waals surface area contributed by atoms with Crippen LogP contribution in [0.3, 0.4) is 0 Å². The zero-order valence-electron chi connectivity index (χ0n) is 12.9. The molecule has 0 aliphatic carbocycles. The monoisotopic (exact) mass is 394 g/mol. The van der Waals surface area contributed by atoms with E-state index in [-0.39, 0.29) is 22.1 Å². The molecule has 2 rings (SSSR count). The summed E-state index contributed by atoms with van der Waals surface area (Å²) in [5.74, 6) is -0.898. The number of amides is 1. The van der Waals surface area contributed by atoms with Crippen molar-refractivity contribution in [3.63, 3.8) is 0 Å². The van der Waals surface area contributed by atoms with Crippen molar-refractivity contribution in [1.82, 2.24) is 0 Å². The largest absolute Gasteiger partial charge is 0.433 e. The van der Waals surface area contributed by atoms with Crippen molar-refractivity contribution in [2.45, 2.75) is 12.8 Å². The number of rotatable bonds is 6. The second-order valence-corrected chi connectivity index (χ2v) is 5.38. The third-order valence-electron chi connectivity index (χ3n) is 3.11. The van der Waals surface area contributed by atoms with Crippen LogP contribution in [0.15, 0.2) is 42.5 Å². The number of halogens is 6. The van der Waals surface area contributed by atoms with E-state index in [9.17, 15) is 26.7 Å². The highest BCUT2D eigenvalue weighted by Gasteiger charge is 2.31. The number of benzene rings is 2. The van der Waals surface area contributed by atoms with Crippen molar-refractivity contribution in [2.75, 3.05) is 17.2 Å². The van der Waals surface area contributed by atoms with Gasteiger partial charge in [-0.3, -0.25) is 4.79 Å². The van der Waals surface area contributed by atoms with Gasteiger partial charge in [-0.1, -0.05) is 23.7 Å². The van der Waals surface area contributed by atoms with Crippen LogP contribution in [-0.4, -0.2) is 19.1 Å². The van der Waals surface area contributed by atoms with Gasteiger partial charge in [0.1, 0.15) is 5.75 Å². The quantitative estimate of drug-likeness (QED) is 0.677. The first-order valence-electron chi connectivity index (χ1n) is 7.11. The normalized spacial score (nSPS) is 11.3. The SMILES string of the molecule is O=C(CNc1ccccc1OC(F)F)Nc1cc(C(F)(F)F)ccc1Cl. The molecule has 0 radical (unpaired) electrons. The molecule has 0 unspecified atom stereocenters. The predicted molar refractivity (Wildman–Crippen MR) is 86.6 cm³/mol. The van der Waals surface area contributed by atoms with E-state index in [1.165, 1.54) is 24.3 Å². The van der Waals surface area contributed by atoms with Gasteiger partial charge in [0.2, 0.25) is 5.91 Å². The second-order valence-electron chi connectivity index (χ2n) is 4.97. The van der Waals surface area contributed by atoms with Gasteiger partial charge in [-0.25, -0.2) is 0 Å². The van der Waals surface area contributed by atoms with Crippen molar-refractivity contribution in [1.29, 1.82) is 0 Å². The Balaban J connectivity index is 2.04. The Morgan fingerprint density at radius 2 is 1.81 bits per heavy atom. The Hall–Kier alpha value is -2.55. The maximum atomic E-state index is 12.7. The smallest absolute Gasteiger partial charge is 0.416 e. The number of hydrogen-bond acceptors (Lipinski definition) is 3. The molecule has 0 saturated carbocycles. The van der Waals surface area contributed by atoms with Crippen molar-refractivity contribution >= 4 is 28.9 Å². The zero-order chi connectivity index (χ0) is 19.3. The summed E-state index contributed by atoms with van der Waals surface area (Å²) >= 11 is 5.78. The number of alkyl halides is 5. The minimum atomic E-state index is -4.59. The lowest BCUT2D eigenvalue weighted by molar-refractivity contribution is -0.137. The molecule has 140 valence electrons. The average molecular weight is 395 g/mol. The highest BCUT2D eigenvalue weighted by Crippen LogP contribution is 2.33. The molecule has 0 bridgehead atoms. The Kier molecular flexibility index (Phi) is 6.25. The van der Waals surface area contributed by atoms with Gasteiger partial charge in [0.25, 0.3) is 0 Å². The molecule has 2 aromatic rings. The number of para-hydroxylation sites is 2. The summed E-state index contributed by atoms with van der Waals surface area (Å²) in [7, 11) is 0. The molecule has 0 aliphatic rings. The molecule has 2 N–H and O–H groups in total. The Bertz CT molecular complexity index is 783. The lowest BCUT2D eigenvalue weighted by atomic mass is 10.2. The van der Waals surface area contributed by atoms with Gasteiger partial charge in [-0.05, 0) is 30.3 Å². The van der Waals surface area contributed by atoms with E-state index < -0.39 is 30.8 Å². The first kappa shape index (κ1) is 19.8. The first-order valence-corrected chi connectivity index (χ1v) is 7.49. The number of hydrogen-bond donors (Lipinski definition) is 2. The van der Waals surface area contributed by atoms with E-state index in [1.54, 1.807) is 0 Å². The van der Waals surface area contributed by atoms with Crippen LogP contribution in [0.1, 0.15) is 5.56 Å². The van der Waals surface area contributed by atoms with Crippen LogP contribution >= 0.6 is 11.6 Å². The topological polar surface area (TPSA) is 50.4 Å². The summed E-state index contributed by atoms with van der Waals surface area (Å²) < 4.78 is 67.1. The van der Waals surface area contributed by atoms with E-state index in [0.717, 1.165) is 12.1 Å². The maximum absolute atomic E-state index is 12.7. The van der Waals surface area contributed by atoms with Crippen molar-refractivity contribution < 1.29 is 31.5 Å². The Labute approximate surface area is 149 Å². The lowest BCUT2D eigenvalue weighted by Crippen LogP contribution is -2.22. The molecule has 0 heterocycles. The fourth-order valence-electron chi connectivity index (χ4n) is 1.98. The average Bonchev–Trinajstić information content (AvgIpc) is 2.54. The molecular weight excluding hydrogens is 383 g/mol. The Morgan fingerprint density at radius 3 is 2.46 bits per heavy atom. The van der Waals surface area contributed by atoms with E-state index in [2.05, 4.69) is 15.4 Å². The molecule has 0 aromatic heterocycles. The summed E-state index contributed by atoms with van der Waals surface area (Å²) in [5.41, 5.74) is -1.07. The third kappa shape index (κ3) is 5.48. The molecule has 1 amide bonds. The summed E-state index contributed by atoms with van der Waals surface area (Å²) in [4.78, 5) is 11.9. The van der Waals surface area contributed by atoms with Crippen LogP contribution in [0.4, 0.5) is 33.3 Å². The fraction of sp³-hybridized carbons (Fsp3) is 0.188. The van der Waals surface area contributed by atoms with Gasteiger partial charge >= 0.3 is 12.8 Å². The maximum Gasteiger partial charge on any atom is 0.416 e.